The highest BCUT2D eigenvalue weighted by Crippen LogP contribution is 2.27. The SMILES string of the molecule is Cc1cncc(C2CCN(C(=O)c3ccc4ncccc4c3)CC2)n1. The van der Waals surface area contributed by atoms with Crippen LogP contribution in [0.3, 0.4) is 0 Å². The van der Waals surface area contributed by atoms with Crippen molar-refractivity contribution >= 4 is 16.8 Å². The van der Waals surface area contributed by atoms with Gasteiger partial charge in [0.2, 0.25) is 0 Å². The average Bonchev–Trinajstić information content (AvgIpc) is 2.67. The zero-order valence-corrected chi connectivity index (χ0v) is 14.2. The molecule has 5 nitrogen and oxygen atoms in total. The van der Waals surface area contributed by atoms with Gasteiger partial charge >= 0.3 is 0 Å². The maximum Gasteiger partial charge on any atom is 0.253 e. The number of carbonyl (C=O) groups is 1. The van der Waals surface area contributed by atoms with E-state index in [1.165, 1.54) is 0 Å². The molecule has 0 saturated carbocycles. The molecule has 1 aromatic carbocycles. The number of pyridine rings is 1. The molecule has 3 aromatic rings. The second-order valence-electron chi connectivity index (χ2n) is 6.56. The number of aryl methyl sites for hydroxylation is 1. The lowest BCUT2D eigenvalue weighted by Crippen LogP contribution is -2.38. The Morgan fingerprint density at radius 3 is 2.80 bits per heavy atom. The van der Waals surface area contributed by atoms with Crippen LogP contribution in [-0.4, -0.2) is 38.8 Å². The molecule has 1 aliphatic heterocycles. The van der Waals surface area contributed by atoms with Gasteiger partial charge in [0.05, 0.1) is 16.9 Å². The van der Waals surface area contributed by atoms with Crippen molar-refractivity contribution in [3.05, 3.63) is 65.9 Å². The smallest absolute Gasteiger partial charge is 0.253 e. The Morgan fingerprint density at radius 2 is 2.00 bits per heavy atom. The lowest BCUT2D eigenvalue weighted by Gasteiger charge is -2.31. The van der Waals surface area contributed by atoms with E-state index >= 15 is 0 Å². The van der Waals surface area contributed by atoms with Gasteiger partial charge < -0.3 is 4.90 Å². The number of carbonyl (C=O) groups excluding carboxylic acids is 1. The highest BCUT2D eigenvalue weighted by atomic mass is 16.2. The molecule has 3 heterocycles. The number of nitrogens with zero attached hydrogens (tertiary/aromatic N) is 4. The summed E-state index contributed by atoms with van der Waals surface area (Å²) in [4.78, 5) is 27.9. The summed E-state index contributed by atoms with van der Waals surface area (Å²) in [5.74, 6) is 0.483. The summed E-state index contributed by atoms with van der Waals surface area (Å²) < 4.78 is 0. The summed E-state index contributed by atoms with van der Waals surface area (Å²) in [5.41, 5.74) is 3.63. The normalized spacial score (nSPS) is 15.5. The van der Waals surface area contributed by atoms with Crippen molar-refractivity contribution in [2.24, 2.45) is 0 Å². The van der Waals surface area contributed by atoms with Gasteiger partial charge in [-0.3, -0.25) is 19.7 Å². The number of amides is 1. The Hall–Kier alpha value is -2.82. The highest BCUT2D eigenvalue weighted by molar-refractivity contribution is 5.98. The number of aromatic nitrogens is 3. The molecule has 0 radical (unpaired) electrons. The quantitative estimate of drug-likeness (QED) is 0.722. The molecule has 0 unspecified atom stereocenters. The van der Waals surface area contributed by atoms with Crippen molar-refractivity contribution in [3.63, 3.8) is 0 Å². The highest BCUT2D eigenvalue weighted by Gasteiger charge is 2.25. The molecule has 0 N–H and O–H groups in total. The number of rotatable bonds is 2. The number of hydrogen-bond acceptors (Lipinski definition) is 4. The maximum atomic E-state index is 12.8. The number of piperidine rings is 1. The first-order chi connectivity index (χ1) is 12.2. The Balaban J connectivity index is 1.47. The van der Waals surface area contributed by atoms with Crippen molar-refractivity contribution in [2.45, 2.75) is 25.7 Å². The molecular weight excluding hydrogens is 312 g/mol. The first kappa shape index (κ1) is 15.7. The summed E-state index contributed by atoms with van der Waals surface area (Å²) in [5, 5.41) is 0.998. The number of benzene rings is 1. The summed E-state index contributed by atoms with van der Waals surface area (Å²) in [6.07, 6.45) is 7.25. The standard InChI is InChI=1S/C20H20N4O/c1-14-12-21-13-19(23-14)15-6-9-24(10-7-15)20(25)17-4-5-18-16(11-17)3-2-8-22-18/h2-5,8,11-13,15H,6-7,9-10H2,1H3. The Bertz CT molecular complexity index is 916. The van der Waals surface area contributed by atoms with E-state index in [4.69, 9.17) is 0 Å². The second-order valence-corrected chi connectivity index (χ2v) is 6.56. The van der Waals surface area contributed by atoms with Crippen LogP contribution in [0.15, 0.2) is 48.9 Å². The van der Waals surface area contributed by atoms with Gasteiger partial charge in [0.15, 0.2) is 0 Å². The molecule has 4 rings (SSSR count). The molecule has 0 atom stereocenters. The molecule has 126 valence electrons. The van der Waals surface area contributed by atoms with E-state index in [0.29, 0.717) is 5.92 Å². The third-order valence-corrected chi connectivity index (χ3v) is 4.82. The zero-order valence-electron chi connectivity index (χ0n) is 14.2. The van der Waals surface area contributed by atoms with E-state index in [-0.39, 0.29) is 5.91 Å². The summed E-state index contributed by atoms with van der Waals surface area (Å²) in [7, 11) is 0. The predicted octanol–water partition coefficient (Wildman–Crippen LogP) is 3.35. The van der Waals surface area contributed by atoms with Gasteiger partial charge in [0, 0.05) is 48.5 Å². The molecular formula is C20H20N4O. The van der Waals surface area contributed by atoms with Crippen LogP contribution in [0.4, 0.5) is 0 Å². The van der Waals surface area contributed by atoms with Crippen LogP contribution >= 0.6 is 0 Å². The lowest BCUT2D eigenvalue weighted by molar-refractivity contribution is 0.0712. The maximum absolute atomic E-state index is 12.8. The van der Waals surface area contributed by atoms with Crippen LogP contribution in [0, 0.1) is 6.92 Å². The van der Waals surface area contributed by atoms with Crippen LogP contribution < -0.4 is 0 Å². The van der Waals surface area contributed by atoms with E-state index < -0.39 is 0 Å². The van der Waals surface area contributed by atoms with Gasteiger partial charge in [-0.2, -0.15) is 0 Å². The average molecular weight is 332 g/mol. The van der Waals surface area contributed by atoms with Gasteiger partial charge in [-0.25, -0.2) is 0 Å². The first-order valence-electron chi connectivity index (χ1n) is 8.63. The number of fused-ring (bicyclic) bond motifs is 1. The monoisotopic (exact) mass is 332 g/mol. The first-order valence-corrected chi connectivity index (χ1v) is 8.63. The van der Waals surface area contributed by atoms with Gasteiger partial charge in [0.1, 0.15) is 0 Å². The molecule has 25 heavy (non-hydrogen) atoms. The third-order valence-electron chi connectivity index (χ3n) is 4.82. The Kier molecular flexibility index (Phi) is 4.14. The predicted molar refractivity (Wildman–Crippen MR) is 96.4 cm³/mol. The zero-order chi connectivity index (χ0) is 17.2. The second kappa shape index (κ2) is 6.59. The van der Waals surface area contributed by atoms with Crippen molar-refractivity contribution in [1.82, 2.24) is 19.9 Å². The fourth-order valence-electron chi connectivity index (χ4n) is 3.45. The molecule has 1 fully saturated rings. The fourth-order valence-corrected chi connectivity index (χ4v) is 3.45. The van der Waals surface area contributed by atoms with Gasteiger partial charge in [-0.15, -0.1) is 0 Å². The summed E-state index contributed by atoms with van der Waals surface area (Å²) >= 11 is 0. The van der Waals surface area contributed by atoms with E-state index in [9.17, 15) is 4.79 Å². The Labute approximate surface area is 146 Å². The van der Waals surface area contributed by atoms with Gasteiger partial charge in [-0.1, -0.05) is 6.07 Å². The van der Waals surface area contributed by atoms with Crippen LogP contribution in [0.2, 0.25) is 0 Å². The molecule has 1 amide bonds. The van der Waals surface area contributed by atoms with Crippen molar-refractivity contribution < 1.29 is 4.79 Å². The van der Waals surface area contributed by atoms with E-state index in [0.717, 1.165) is 53.8 Å². The topological polar surface area (TPSA) is 59.0 Å². The molecule has 2 aromatic heterocycles. The van der Waals surface area contributed by atoms with E-state index in [1.54, 1.807) is 12.4 Å². The van der Waals surface area contributed by atoms with E-state index in [2.05, 4.69) is 15.0 Å². The van der Waals surface area contributed by atoms with Crippen LogP contribution in [0.1, 0.15) is 40.5 Å². The molecule has 0 aliphatic carbocycles. The van der Waals surface area contributed by atoms with Gasteiger partial charge in [0.25, 0.3) is 5.91 Å². The lowest BCUT2D eigenvalue weighted by atomic mass is 9.93. The van der Waals surface area contributed by atoms with Gasteiger partial charge in [-0.05, 0) is 44.0 Å². The molecule has 1 saturated heterocycles. The molecule has 5 heteroatoms. The molecule has 0 spiro atoms. The van der Waals surface area contributed by atoms with Crippen molar-refractivity contribution in [2.75, 3.05) is 13.1 Å². The van der Waals surface area contributed by atoms with Crippen molar-refractivity contribution in [3.8, 4) is 0 Å². The number of hydrogen-bond donors (Lipinski definition) is 0. The molecule has 0 bridgehead atoms. The van der Waals surface area contributed by atoms with Crippen LogP contribution in [0.25, 0.3) is 10.9 Å². The minimum absolute atomic E-state index is 0.0968. The number of likely N-dealkylation sites (tertiary alicyclic amines) is 1. The third kappa shape index (κ3) is 3.22. The molecule has 1 aliphatic rings. The van der Waals surface area contributed by atoms with Crippen LogP contribution in [0.5, 0.6) is 0 Å². The minimum Gasteiger partial charge on any atom is -0.339 e. The van der Waals surface area contributed by atoms with E-state index in [1.807, 2.05) is 48.4 Å². The summed E-state index contributed by atoms with van der Waals surface area (Å²) in [6.45, 7) is 3.47. The van der Waals surface area contributed by atoms with Crippen molar-refractivity contribution in [1.29, 1.82) is 0 Å². The Morgan fingerprint density at radius 1 is 1.16 bits per heavy atom. The van der Waals surface area contributed by atoms with Crippen LogP contribution in [-0.2, 0) is 0 Å². The fraction of sp³-hybridized carbons (Fsp3) is 0.300. The minimum atomic E-state index is 0.0968. The summed E-state index contributed by atoms with van der Waals surface area (Å²) in [6, 6.07) is 9.60. The largest absolute Gasteiger partial charge is 0.339 e.